The first-order chi connectivity index (χ1) is 2.77. The normalized spacial score (nSPS) is 8.57. The summed E-state index contributed by atoms with van der Waals surface area (Å²) in [5, 5.41) is 8.24. The van der Waals surface area contributed by atoms with Gasteiger partial charge in [-0.2, -0.15) is 0 Å². The second-order valence-electron chi connectivity index (χ2n) is 1.91. The Morgan fingerprint density at radius 2 is 1.86 bits per heavy atom. The molecule has 7 heavy (non-hydrogen) atoms. The van der Waals surface area contributed by atoms with Gasteiger partial charge in [0.15, 0.2) is 0 Å². The molecule has 0 aliphatic heterocycles. The van der Waals surface area contributed by atoms with Crippen LogP contribution >= 0.6 is 0 Å². The molecule has 0 rings (SSSR count). The van der Waals surface area contributed by atoms with Gasteiger partial charge in [-0.15, -0.1) is 0 Å². The average molecular weight is 297 g/mol. The SMILES string of the molecule is CC(C)CCO.[PbH2]. The summed E-state index contributed by atoms with van der Waals surface area (Å²) in [5.41, 5.74) is 0. The molecule has 0 aromatic heterocycles. The molecule has 0 aliphatic carbocycles. The van der Waals surface area contributed by atoms with E-state index in [0.29, 0.717) is 12.5 Å². The van der Waals surface area contributed by atoms with Crippen molar-refractivity contribution in [2.75, 3.05) is 6.61 Å². The number of aliphatic hydroxyl groups is 1. The Bertz CT molecular complexity index is 29.3. The average Bonchev–Trinajstić information content (AvgIpc) is 1.35. The molecule has 1 N–H and O–H groups in total. The van der Waals surface area contributed by atoms with Gasteiger partial charge in [-0.25, -0.2) is 0 Å². The Morgan fingerprint density at radius 3 is 1.86 bits per heavy atom. The molecule has 0 aromatic carbocycles. The zero-order valence-electron chi connectivity index (χ0n) is 5.15. The molecule has 0 amide bonds. The summed E-state index contributed by atoms with van der Waals surface area (Å²) in [5.74, 6) is 0.648. The molecule has 0 saturated heterocycles. The Hall–Kier alpha value is 0.882. The monoisotopic (exact) mass is 298 g/mol. The van der Waals surface area contributed by atoms with E-state index < -0.39 is 0 Å². The van der Waals surface area contributed by atoms with Gasteiger partial charge in [-0.1, -0.05) is 13.8 Å². The van der Waals surface area contributed by atoms with Gasteiger partial charge in [0.2, 0.25) is 0 Å². The third kappa shape index (κ3) is 10.9. The van der Waals surface area contributed by atoms with Crippen LogP contribution < -0.4 is 0 Å². The van der Waals surface area contributed by atoms with Crippen molar-refractivity contribution in [1.82, 2.24) is 0 Å². The summed E-state index contributed by atoms with van der Waals surface area (Å²) in [6.07, 6.45) is 0.931. The first-order valence-corrected chi connectivity index (χ1v) is 2.38. The summed E-state index contributed by atoms with van der Waals surface area (Å²) >= 11 is 0. The van der Waals surface area contributed by atoms with E-state index in [1.54, 1.807) is 0 Å². The number of hydrogen-bond donors (Lipinski definition) is 1. The Labute approximate surface area is 65.3 Å². The van der Waals surface area contributed by atoms with Crippen LogP contribution in [0.25, 0.3) is 0 Å². The van der Waals surface area contributed by atoms with Gasteiger partial charge in [0.1, 0.15) is 0 Å². The van der Waals surface area contributed by atoms with E-state index in [9.17, 15) is 0 Å². The molecule has 0 saturated carbocycles. The van der Waals surface area contributed by atoms with Crippen molar-refractivity contribution in [2.24, 2.45) is 5.92 Å². The van der Waals surface area contributed by atoms with E-state index in [4.69, 9.17) is 5.11 Å². The van der Waals surface area contributed by atoms with Gasteiger partial charge in [-0.3, -0.25) is 0 Å². The van der Waals surface area contributed by atoms with Crippen LogP contribution in [0.3, 0.4) is 0 Å². The second-order valence-corrected chi connectivity index (χ2v) is 1.91. The van der Waals surface area contributed by atoms with Gasteiger partial charge < -0.3 is 5.11 Å². The molecule has 2 heteroatoms. The fraction of sp³-hybridized carbons (Fsp3) is 1.00. The standard InChI is InChI=1S/C5H12O.Pb.2H/c1-5(2)3-4-6;;;/h5-6H,3-4H2,1-2H3;;;. The minimum atomic E-state index is 0. The molecule has 0 atom stereocenters. The van der Waals surface area contributed by atoms with E-state index in [0.717, 1.165) is 6.42 Å². The molecule has 0 unspecified atom stereocenters. The van der Waals surface area contributed by atoms with Gasteiger partial charge in [0.25, 0.3) is 0 Å². The van der Waals surface area contributed by atoms with Crippen molar-refractivity contribution in [3.05, 3.63) is 0 Å². The molecule has 44 valence electrons. The van der Waals surface area contributed by atoms with E-state index in [1.165, 1.54) is 0 Å². The molecule has 0 spiro atoms. The number of aliphatic hydroxyl groups excluding tert-OH is 1. The summed E-state index contributed by atoms with van der Waals surface area (Å²) in [7, 11) is 0. The van der Waals surface area contributed by atoms with Gasteiger partial charge in [-0.05, 0) is 12.3 Å². The van der Waals surface area contributed by atoms with Crippen LogP contribution in [0.4, 0.5) is 0 Å². The Morgan fingerprint density at radius 1 is 1.43 bits per heavy atom. The molecule has 0 aromatic rings. The van der Waals surface area contributed by atoms with Crippen molar-refractivity contribution in [2.45, 2.75) is 20.3 Å². The number of rotatable bonds is 2. The van der Waals surface area contributed by atoms with Crippen LogP contribution in [-0.4, -0.2) is 39.0 Å². The molecule has 0 bridgehead atoms. The predicted molar refractivity (Wildman–Crippen MR) is 35.1 cm³/mol. The summed E-state index contributed by atoms with van der Waals surface area (Å²) < 4.78 is 0. The van der Waals surface area contributed by atoms with E-state index in [2.05, 4.69) is 13.8 Å². The number of hydrogen-bond acceptors (Lipinski definition) is 1. The fourth-order valence-corrected chi connectivity index (χ4v) is 0.258. The van der Waals surface area contributed by atoms with Gasteiger partial charge in [0, 0.05) is 6.61 Å². The molecular formula is C5H14OPb. The van der Waals surface area contributed by atoms with Crippen LogP contribution in [0.15, 0.2) is 0 Å². The summed E-state index contributed by atoms with van der Waals surface area (Å²) in [6.45, 7) is 4.52. The Kier molecular flexibility index (Phi) is 10.6. The van der Waals surface area contributed by atoms with Crippen molar-refractivity contribution in [3.8, 4) is 0 Å². The van der Waals surface area contributed by atoms with Gasteiger partial charge in [0.05, 0.1) is 0 Å². The quantitative estimate of drug-likeness (QED) is 0.717. The maximum atomic E-state index is 8.24. The summed E-state index contributed by atoms with van der Waals surface area (Å²) in [4.78, 5) is 0. The van der Waals surface area contributed by atoms with Crippen LogP contribution in [0.1, 0.15) is 20.3 Å². The molecule has 1 nitrogen and oxygen atoms in total. The van der Waals surface area contributed by atoms with Crippen molar-refractivity contribution in [3.63, 3.8) is 0 Å². The topological polar surface area (TPSA) is 20.2 Å². The minimum absolute atomic E-state index is 0. The van der Waals surface area contributed by atoms with Crippen LogP contribution in [-0.2, 0) is 0 Å². The van der Waals surface area contributed by atoms with Crippen molar-refractivity contribution < 1.29 is 5.11 Å². The molecule has 0 aliphatic rings. The second kappa shape index (κ2) is 6.88. The first kappa shape index (κ1) is 10.8. The fourth-order valence-electron chi connectivity index (χ4n) is 0.258. The molecule has 0 fully saturated rings. The Balaban J connectivity index is 0. The third-order valence-electron chi connectivity index (χ3n) is 0.706. The molecule has 2 radical (unpaired) electrons. The van der Waals surface area contributed by atoms with E-state index >= 15 is 0 Å². The van der Waals surface area contributed by atoms with Crippen molar-refractivity contribution in [1.29, 1.82) is 0 Å². The van der Waals surface area contributed by atoms with Crippen LogP contribution in [0.5, 0.6) is 0 Å². The third-order valence-corrected chi connectivity index (χ3v) is 0.706. The van der Waals surface area contributed by atoms with Gasteiger partial charge >= 0.3 is 27.3 Å². The van der Waals surface area contributed by atoms with Crippen molar-refractivity contribution >= 4 is 27.3 Å². The zero-order chi connectivity index (χ0) is 4.99. The summed E-state index contributed by atoms with van der Waals surface area (Å²) in [6, 6.07) is 0. The zero-order valence-corrected chi connectivity index (χ0v) is 10.6. The molecular weight excluding hydrogens is 283 g/mol. The van der Waals surface area contributed by atoms with Crippen LogP contribution in [0.2, 0.25) is 0 Å². The maximum absolute atomic E-state index is 8.24. The first-order valence-electron chi connectivity index (χ1n) is 2.38. The van der Waals surface area contributed by atoms with Crippen LogP contribution in [0, 0.1) is 5.92 Å². The predicted octanol–water partition coefficient (Wildman–Crippen LogP) is 0.109. The molecule has 0 heterocycles. The van der Waals surface area contributed by atoms with E-state index in [-0.39, 0.29) is 27.3 Å². The van der Waals surface area contributed by atoms with E-state index in [1.807, 2.05) is 0 Å².